The van der Waals surface area contributed by atoms with Gasteiger partial charge in [0.25, 0.3) is 5.56 Å². The van der Waals surface area contributed by atoms with Crippen LogP contribution in [0.3, 0.4) is 0 Å². The monoisotopic (exact) mass is 477 g/mol. The Labute approximate surface area is 199 Å². The number of para-hydroxylation sites is 1. The van der Waals surface area contributed by atoms with Crippen molar-refractivity contribution in [2.24, 2.45) is 0 Å². The van der Waals surface area contributed by atoms with Crippen LogP contribution in [0.2, 0.25) is 0 Å². The molecule has 4 aromatic rings. The van der Waals surface area contributed by atoms with Gasteiger partial charge < -0.3 is 5.32 Å². The summed E-state index contributed by atoms with van der Waals surface area (Å²) in [5.74, 6) is -0.0111. The Bertz CT molecular complexity index is 1420. The highest BCUT2D eigenvalue weighted by molar-refractivity contribution is 7.99. The van der Waals surface area contributed by atoms with E-state index in [2.05, 4.69) is 5.32 Å². The molecule has 0 bridgehead atoms. The Morgan fingerprint density at radius 1 is 1.06 bits per heavy atom. The van der Waals surface area contributed by atoms with Gasteiger partial charge in [-0.15, -0.1) is 11.3 Å². The SMILES string of the molecule is CC(=O)NCc1ccc(C(=O)CSc2nc3ccccc3c(=O)n2-c2cccc(C)c2C)s1. The molecule has 168 valence electrons. The summed E-state index contributed by atoms with van der Waals surface area (Å²) < 4.78 is 1.61. The minimum atomic E-state index is -0.155. The van der Waals surface area contributed by atoms with Gasteiger partial charge in [0.1, 0.15) is 0 Å². The number of rotatable bonds is 7. The zero-order valence-electron chi connectivity index (χ0n) is 18.5. The van der Waals surface area contributed by atoms with Gasteiger partial charge >= 0.3 is 0 Å². The number of aromatic nitrogens is 2. The number of carbonyl (C=O) groups excluding carboxylic acids is 2. The molecule has 6 nitrogen and oxygen atoms in total. The molecule has 8 heteroatoms. The molecule has 0 saturated heterocycles. The van der Waals surface area contributed by atoms with Crippen molar-refractivity contribution in [3.05, 3.63) is 85.8 Å². The molecule has 0 saturated carbocycles. The number of fused-ring (bicyclic) bond motifs is 1. The molecule has 0 aliphatic carbocycles. The van der Waals surface area contributed by atoms with Crippen molar-refractivity contribution in [1.29, 1.82) is 0 Å². The van der Waals surface area contributed by atoms with E-state index in [-0.39, 0.29) is 23.0 Å². The topological polar surface area (TPSA) is 81.1 Å². The smallest absolute Gasteiger partial charge is 0.266 e. The van der Waals surface area contributed by atoms with E-state index < -0.39 is 0 Å². The number of hydrogen-bond donors (Lipinski definition) is 1. The first-order chi connectivity index (χ1) is 15.8. The first-order valence-electron chi connectivity index (χ1n) is 10.4. The summed E-state index contributed by atoms with van der Waals surface area (Å²) in [6.45, 7) is 5.85. The number of benzene rings is 2. The van der Waals surface area contributed by atoms with E-state index >= 15 is 0 Å². The lowest BCUT2D eigenvalue weighted by Crippen LogP contribution is -2.23. The van der Waals surface area contributed by atoms with Gasteiger partial charge in [-0.1, -0.05) is 36.0 Å². The molecule has 0 aliphatic heterocycles. The van der Waals surface area contributed by atoms with E-state index in [0.29, 0.717) is 27.5 Å². The maximum atomic E-state index is 13.5. The maximum Gasteiger partial charge on any atom is 0.266 e. The quantitative estimate of drug-likeness (QED) is 0.238. The molecule has 0 aliphatic rings. The lowest BCUT2D eigenvalue weighted by atomic mass is 10.1. The number of nitrogens with zero attached hydrogens (tertiary/aromatic N) is 2. The van der Waals surface area contributed by atoms with Gasteiger partial charge in [0.05, 0.1) is 33.8 Å². The van der Waals surface area contributed by atoms with Gasteiger partial charge in [0.15, 0.2) is 10.9 Å². The van der Waals surface area contributed by atoms with Gasteiger partial charge in [-0.25, -0.2) is 4.98 Å². The number of nitrogens with one attached hydrogen (secondary N) is 1. The van der Waals surface area contributed by atoms with Gasteiger partial charge in [0.2, 0.25) is 5.91 Å². The summed E-state index contributed by atoms with van der Waals surface area (Å²) in [6, 6.07) is 16.7. The number of thioether (sulfide) groups is 1. The molecule has 2 aromatic carbocycles. The first-order valence-corrected chi connectivity index (χ1v) is 12.2. The van der Waals surface area contributed by atoms with Crippen LogP contribution in [0.1, 0.15) is 32.6 Å². The summed E-state index contributed by atoms with van der Waals surface area (Å²) in [5, 5.41) is 3.76. The van der Waals surface area contributed by atoms with Crippen molar-refractivity contribution in [3.8, 4) is 5.69 Å². The number of amides is 1. The van der Waals surface area contributed by atoms with Gasteiger partial charge in [-0.3, -0.25) is 19.0 Å². The highest BCUT2D eigenvalue weighted by atomic mass is 32.2. The maximum absolute atomic E-state index is 13.5. The fourth-order valence-electron chi connectivity index (χ4n) is 3.44. The van der Waals surface area contributed by atoms with E-state index in [1.807, 2.05) is 56.3 Å². The fourth-order valence-corrected chi connectivity index (χ4v) is 5.30. The van der Waals surface area contributed by atoms with Crippen molar-refractivity contribution in [3.63, 3.8) is 0 Å². The summed E-state index contributed by atoms with van der Waals surface area (Å²) in [7, 11) is 0. The zero-order valence-corrected chi connectivity index (χ0v) is 20.2. The second kappa shape index (κ2) is 9.72. The second-order valence-corrected chi connectivity index (χ2v) is 9.77. The molecule has 0 fully saturated rings. The molecular formula is C25H23N3O3S2. The normalized spacial score (nSPS) is 11.0. The van der Waals surface area contributed by atoms with Crippen LogP contribution in [0.4, 0.5) is 0 Å². The van der Waals surface area contributed by atoms with Crippen LogP contribution in [0.25, 0.3) is 16.6 Å². The van der Waals surface area contributed by atoms with Crippen molar-refractivity contribution in [2.75, 3.05) is 5.75 Å². The summed E-state index contributed by atoms with van der Waals surface area (Å²) in [4.78, 5) is 43.7. The average Bonchev–Trinajstić information content (AvgIpc) is 3.28. The number of Topliss-reactive ketones (excluding diaryl/α,β-unsaturated/α-hetero) is 1. The minimum Gasteiger partial charge on any atom is -0.351 e. The molecule has 1 amide bonds. The summed E-state index contributed by atoms with van der Waals surface area (Å²) >= 11 is 2.62. The van der Waals surface area contributed by atoms with Crippen LogP contribution < -0.4 is 10.9 Å². The van der Waals surface area contributed by atoms with E-state index in [9.17, 15) is 14.4 Å². The zero-order chi connectivity index (χ0) is 23.5. The third-order valence-electron chi connectivity index (χ3n) is 5.34. The lowest BCUT2D eigenvalue weighted by molar-refractivity contribution is -0.119. The van der Waals surface area contributed by atoms with Crippen LogP contribution in [-0.4, -0.2) is 27.0 Å². The number of carbonyl (C=O) groups is 2. The Morgan fingerprint density at radius 3 is 2.64 bits per heavy atom. The molecule has 2 heterocycles. The lowest BCUT2D eigenvalue weighted by Gasteiger charge is -2.16. The van der Waals surface area contributed by atoms with Gasteiger partial charge in [0, 0.05) is 11.8 Å². The van der Waals surface area contributed by atoms with Crippen LogP contribution in [0.5, 0.6) is 0 Å². The van der Waals surface area contributed by atoms with Crippen LogP contribution in [0, 0.1) is 13.8 Å². The van der Waals surface area contributed by atoms with E-state index in [0.717, 1.165) is 21.7 Å². The summed E-state index contributed by atoms with van der Waals surface area (Å²) in [5.41, 5.74) is 3.28. The molecule has 0 spiro atoms. The van der Waals surface area contributed by atoms with Crippen molar-refractivity contribution >= 4 is 45.7 Å². The predicted molar refractivity (Wildman–Crippen MR) is 134 cm³/mol. The molecule has 0 unspecified atom stereocenters. The third kappa shape index (κ3) is 4.91. The van der Waals surface area contributed by atoms with Crippen molar-refractivity contribution in [1.82, 2.24) is 14.9 Å². The fraction of sp³-hybridized carbons (Fsp3) is 0.200. The number of aryl methyl sites for hydroxylation is 1. The highest BCUT2D eigenvalue weighted by Gasteiger charge is 2.18. The van der Waals surface area contributed by atoms with Gasteiger partial charge in [-0.05, 0) is 55.3 Å². The summed E-state index contributed by atoms with van der Waals surface area (Å²) in [6.07, 6.45) is 0. The number of hydrogen-bond acceptors (Lipinski definition) is 6. The molecule has 1 N–H and O–H groups in total. The van der Waals surface area contributed by atoms with E-state index in [4.69, 9.17) is 4.98 Å². The molecule has 4 rings (SSSR count). The average molecular weight is 478 g/mol. The Morgan fingerprint density at radius 2 is 1.85 bits per heavy atom. The minimum absolute atomic E-state index is 0.0472. The van der Waals surface area contributed by atoms with Crippen LogP contribution in [-0.2, 0) is 11.3 Å². The molecule has 0 radical (unpaired) electrons. The highest BCUT2D eigenvalue weighted by Crippen LogP contribution is 2.26. The molecule has 33 heavy (non-hydrogen) atoms. The first kappa shape index (κ1) is 22.9. The van der Waals surface area contributed by atoms with E-state index in [1.54, 1.807) is 16.7 Å². The second-order valence-electron chi connectivity index (χ2n) is 7.66. The van der Waals surface area contributed by atoms with Gasteiger partial charge in [-0.2, -0.15) is 0 Å². The van der Waals surface area contributed by atoms with E-state index in [1.165, 1.54) is 30.0 Å². The Balaban J connectivity index is 1.67. The van der Waals surface area contributed by atoms with Crippen molar-refractivity contribution < 1.29 is 9.59 Å². The third-order valence-corrected chi connectivity index (χ3v) is 7.41. The number of ketones is 1. The Hall–Kier alpha value is -3.23. The molecule has 2 aromatic heterocycles. The number of thiophene rings is 1. The molecular weight excluding hydrogens is 454 g/mol. The Kier molecular flexibility index (Phi) is 6.76. The standard InChI is InChI=1S/C25H23N3O3S2/c1-15-7-6-10-21(16(15)2)28-24(31)19-8-4-5-9-20(19)27-25(28)32-14-22(30)23-12-11-18(33-23)13-26-17(3)29/h4-12H,13-14H2,1-3H3,(H,26,29). The predicted octanol–water partition coefficient (Wildman–Crippen LogP) is 4.68. The largest absolute Gasteiger partial charge is 0.351 e. The molecule has 0 atom stereocenters. The van der Waals surface area contributed by atoms with Crippen LogP contribution >= 0.6 is 23.1 Å². The van der Waals surface area contributed by atoms with Crippen molar-refractivity contribution in [2.45, 2.75) is 32.5 Å². The van der Waals surface area contributed by atoms with Crippen LogP contribution in [0.15, 0.2) is 64.5 Å².